The second-order valence-corrected chi connectivity index (χ2v) is 8.67. The van der Waals surface area contributed by atoms with Crippen molar-refractivity contribution >= 4 is 27.7 Å². The second kappa shape index (κ2) is 8.96. The summed E-state index contributed by atoms with van der Waals surface area (Å²) < 4.78 is 7.95. The molecule has 0 bridgehead atoms. The molecule has 0 saturated heterocycles. The number of aromatic nitrogens is 3. The van der Waals surface area contributed by atoms with Crippen molar-refractivity contribution in [2.45, 2.75) is 31.2 Å². The molecule has 0 unspecified atom stereocenters. The summed E-state index contributed by atoms with van der Waals surface area (Å²) in [5.41, 5.74) is 4.11. The highest BCUT2D eigenvalue weighted by Gasteiger charge is 2.24. The van der Waals surface area contributed by atoms with E-state index in [2.05, 4.69) is 46.0 Å². The van der Waals surface area contributed by atoms with Crippen molar-refractivity contribution in [3.63, 3.8) is 0 Å². The number of rotatable bonds is 7. The fourth-order valence-electron chi connectivity index (χ4n) is 2.94. The fraction of sp³-hybridized carbons (Fsp3) is 0.300. The van der Waals surface area contributed by atoms with Crippen LogP contribution in [0.1, 0.15) is 27.8 Å². The van der Waals surface area contributed by atoms with Crippen LogP contribution in [0.2, 0.25) is 0 Å². The van der Waals surface area contributed by atoms with Crippen LogP contribution < -0.4 is 4.74 Å². The second-order valence-electron chi connectivity index (χ2n) is 6.65. The molecule has 0 aliphatic rings. The predicted octanol–water partition coefficient (Wildman–Crippen LogP) is 5.07. The van der Waals surface area contributed by atoms with Crippen molar-refractivity contribution in [1.29, 1.82) is 0 Å². The van der Waals surface area contributed by atoms with Gasteiger partial charge in [0.15, 0.2) is 5.16 Å². The normalized spacial score (nSPS) is 12.0. The van der Waals surface area contributed by atoms with Gasteiger partial charge in [-0.3, -0.25) is 14.7 Å². The first kappa shape index (κ1) is 21.3. The molecule has 0 aliphatic carbocycles. The molecule has 1 atom stereocenters. The molecule has 1 aromatic heterocycles. The average Bonchev–Trinajstić information content (AvgIpc) is 3.03. The van der Waals surface area contributed by atoms with E-state index in [-0.39, 0.29) is 11.5 Å². The average molecular weight is 477 g/mol. The maximum atomic E-state index is 11.3. The summed E-state index contributed by atoms with van der Waals surface area (Å²) in [5, 5.41) is 20.0. The van der Waals surface area contributed by atoms with Gasteiger partial charge in [0.1, 0.15) is 16.8 Å². The van der Waals surface area contributed by atoms with Gasteiger partial charge in [0, 0.05) is 10.6 Å². The number of halogens is 1. The number of hydrogen-bond acceptors (Lipinski definition) is 6. The first-order valence-corrected chi connectivity index (χ1v) is 10.6. The number of methoxy groups -OCH3 is 1. The van der Waals surface area contributed by atoms with Crippen molar-refractivity contribution in [1.82, 2.24) is 14.8 Å². The van der Waals surface area contributed by atoms with Crippen molar-refractivity contribution < 1.29 is 9.66 Å². The molecular formula is C20H21BrN4O3S. The molecule has 1 heterocycles. The monoisotopic (exact) mass is 476 g/mol. The Morgan fingerprint density at radius 3 is 2.55 bits per heavy atom. The summed E-state index contributed by atoms with van der Waals surface area (Å²) in [5.74, 6) is 1.40. The highest BCUT2D eigenvalue weighted by Crippen LogP contribution is 2.38. The van der Waals surface area contributed by atoms with E-state index >= 15 is 0 Å². The quantitative estimate of drug-likeness (QED) is 0.268. The van der Waals surface area contributed by atoms with Crippen molar-refractivity contribution in [3.8, 4) is 11.4 Å². The first-order chi connectivity index (χ1) is 13.8. The summed E-state index contributed by atoms with van der Waals surface area (Å²) in [7, 11) is 1.58. The standard InChI is InChI=1S/C20H21BrN4O3S/c1-12-5-7-16(9-13(12)2)25-14(3)22-23-20(25)29-19(11-24(26)27)15-6-8-18(28-4)17(21)10-15/h5-10,19H,11H2,1-4H3/t19-/m0/s1. The van der Waals surface area contributed by atoms with Gasteiger partial charge in [-0.25, -0.2) is 0 Å². The van der Waals surface area contributed by atoms with Gasteiger partial charge in [-0.15, -0.1) is 10.2 Å². The third-order valence-corrected chi connectivity index (χ3v) is 6.45. The lowest BCUT2D eigenvalue weighted by Gasteiger charge is -2.16. The number of thioether (sulfide) groups is 1. The van der Waals surface area contributed by atoms with E-state index < -0.39 is 5.25 Å². The van der Waals surface area contributed by atoms with E-state index in [9.17, 15) is 10.1 Å². The lowest BCUT2D eigenvalue weighted by Crippen LogP contribution is -2.11. The fourth-order valence-corrected chi connectivity index (χ4v) is 4.66. The van der Waals surface area contributed by atoms with Gasteiger partial charge >= 0.3 is 0 Å². The van der Waals surface area contributed by atoms with Gasteiger partial charge in [-0.2, -0.15) is 0 Å². The minimum atomic E-state index is -0.430. The summed E-state index contributed by atoms with van der Waals surface area (Å²) in [6, 6.07) is 11.6. The van der Waals surface area contributed by atoms with E-state index in [1.807, 2.05) is 35.8 Å². The molecule has 0 spiro atoms. The number of nitrogens with zero attached hydrogens (tertiary/aromatic N) is 4. The Kier molecular flexibility index (Phi) is 6.59. The van der Waals surface area contributed by atoms with Crippen molar-refractivity contribution in [2.24, 2.45) is 0 Å². The Labute approximate surface area is 181 Å². The van der Waals surface area contributed by atoms with Crippen LogP contribution in [-0.2, 0) is 0 Å². The molecule has 29 heavy (non-hydrogen) atoms. The molecule has 0 radical (unpaired) electrons. The molecule has 152 valence electrons. The molecule has 3 rings (SSSR count). The van der Waals surface area contributed by atoms with Gasteiger partial charge < -0.3 is 4.74 Å². The Balaban J connectivity index is 2.00. The smallest absolute Gasteiger partial charge is 0.220 e. The molecule has 0 N–H and O–H groups in total. The predicted molar refractivity (Wildman–Crippen MR) is 117 cm³/mol. The molecule has 0 aliphatic heterocycles. The Morgan fingerprint density at radius 2 is 1.93 bits per heavy atom. The van der Waals surface area contributed by atoms with Crippen LogP contribution in [0, 0.1) is 30.9 Å². The van der Waals surface area contributed by atoms with E-state index in [0.29, 0.717) is 10.9 Å². The Hall–Kier alpha value is -2.39. The van der Waals surface area contributed by atoms with Crippen molar-refractivity contribution in [2.75, 3.05) is 13.7 Å². The molecule has 0 fully saturated rings. The Morgan fingerprint density at radius 1 is 1.17 bits per heavy atom. The minimum Gasteiger partial charge on any atom is -0.496 e. The number of nitro groups is 1. The zero-order valence-electron chi connectivity index (χ0n) is 16.5. The van der Waals surface area contributed by atoms with E-state index in [0.717, 1.165) is 27.1 Å². The number of benzene rings is 2. The van der Waals surface area contributed by atoms with E-state index in [4.69, 9.17) is 4.74 Å². The van der Waals surface area contributed by atoms with Crippen LogP contribution in [0.5, 0.6) is 5.75 Å². The molecule has 3 aromatic rings. The minimum absolute atomic E-state index is 0.234. The SMILES string of the molecule is COc1ccc([C@H](C[N+](=O)[O-])Sc2nnc(C)n2-c2ccc(C)c(C)c2)cc1Br. The number of ether oxygens (including phenoxy) is 1. The van der Waals surface area contributed by atoms with Crippen LogP contribution in [-0.4, -0.2) is 33.3 Å². The summed E-state index contributed by atoms with van der Waals surface area (Å²) in [6.07, 6.45) is 0. The maximum absolute atomic E-state index is 11.3. The summed E-state index contributed by atoms with van der Waals surface area (Å²) >= 11 is 4.79. The van der Waals surface area contributed by atoms with Gasteiger partial charge in [0.05, 0.1) is 11.6 Å². The Bertz CT molecular complexity index is 1050. The van der Waals surface area contributed by atoms with Gasteiger partial charge in [-0.1, -0.05) is 23.9 Å². The third-order valence-electron chi connectivity index (χ3n) is 4.65. The van der Waals surface area contributed by atoms with Crippen LogP contribution >= 0.6 is 27.7 Å². The number of aryl methyl sites for hydroxylation is 3. The third kappa shape index (κ3) is 4.79. The maximum Gasteiger partial charge on any atom is 0.220 e. The highest BCUT2D eigenvalue weighted by molar-refractivity contribution is 9.10. The topological polar surface area (TPSA) is 83.1 Å². The van der Waals surface area contributed by atoms with Crippen LogP contribution in [0.4, 0.5) is 0 Å². The molecule has 0 saturated carbocycles. The zero-order valence-corrected chi connectivity index (χ0v) is 19.0. The summed E-state index contributed by atoms with van der Waals surface area (Å²) in [6.45, 7) is 5.75. The number of hydrogen-bond donors (Lipinski definition) is 0. The first-order valence-electron chi connectivity index (χ1n) is 8.91. The van der Waals surface area contributed by atoms with Crippen LogP contribution in [0.25, 0.3) is 5.69 Å². The molecule has 0 amide bonds. The zero-order chi connectivity index (χ0) is 21.1. The van der Waals surface area contributed by atoms with E-state index in [1.165, 1.54) is 17.3 Å². The van der Waals surface area contributed by atoms with Gasteiger partial charge in [0.2, 0.25) is 6.54 Å². The lowest BCUT2D eigenvalue weighted by atomic mass is 10.1. The van der Waals surface area contributed by atoms with Gasteiger partial charge in [0.25, 0.3) is 0 Å². The van der Waals surface area contributed by atoms with Crippen molar-refractivity contribution in [3.05, 3.63) is 73.5 Å². The lowest BCUT2D eigenvalue weighted by molar-refractivity contribution is -0.479. The summed E-state index contributed by atoms with van der Waals surface area (Å²) in [4.78, 5) is 11.0. The highest BCUT2D eigenvalue weighted by atomic mass is 79.9. The molecule has 9 heteroatoms. The molecule has 7 nitrogen and oxygen atoms in total. The molecular weight excluding hydrogens is 456 g/mol. The van der Waals surface area contributed by atoms with Crippen LogP contribution in [0.3, 0.4) is 0 Å². The van der Waals surface area contributed by atoms with E-state index in [1.54, 1.807) is 13.2 Å². The van der Waals surface area contributed by atoms with Crippen LogP contribution in [0.15, 0.2) is 46.0 Å². The molecule has 2 aromatic carbocycles. The van der Waals surface area contributed by atoms with Gasteiger partial charge in [-0.05, 0) is 77.7 Å². The largest absolute Gasteiger partial charge is 0.496 e.